The van der Waals surface area contributed by atoms with E-state index in [1.54, 1.807) is 0 Å². The lowest BCUT2D eigenvalue weighted by Gasteiger charge is -2.11. The van der Waals surface area contributed by atoms with Crippen LogP contribution >= 0.6 is 0 Å². The molecule has 0 aromatic heterocycles. The summed E-state index contributed by atoms with van der Waals surface area (Å²) in [4.78, 5) is 0. The quantitative estimate of drug-likeness (QED) is 0.183. The van der Waals surface area contributed by atoms with Crippen LogP contribution in [0.1, 0.15) is 0 Å². The van der Waals surface area contributed by atoms with Gasteiger partial charge in [-0.15, -0.1) is 0 Å². The Balaban J connectivity index is 1.62. The molecule has 0 bridgehead atoms. The smallest absolute Gasteiger partial charge is 0.00988 e. The molecule has 0 aliphatic rings. The molecule has 7 aromatic carbocycles. The highest BCUT2D eigenvalue weighted by molar-refractivity contribution is 6.20. The van der Waals surface area contributed by atoms with Crippen LogP contribution in [0.3, 0.4) is 0 Å². The van der Waals surface area contributed by atoms with Crippen LogP contribution in [0, 0.1) is 0 Å². The standard InChI is InChI=1S/C30H18/c1-3-7-25-19(5-1)9-11-21-17-29-23(15-27(21)25)13-14-24-16-28-22(18-30(24)29)12-10-20-6-2-4-8-26(20)28/h1-18H. The van der Waals surface area contributed by atoms with Gasteiger partial charge < -0.3 is 0 Å². The molecule has 30 heavy (non-hydrogen) atoms. The molecule has 138 valence electrons. The van der Waals surface area contributed by atoms with Crippen molar-refractivity contribution in [3.63, 3.8) is 0 Å². The predicted octanol–water partition coefficient (Wildman–Crippen LogP) is 8.61. The first-order valence-electron chi connectivity index (χ1n) is 10.4. The third-order valence-electron chi connectivity index (χ3n) is 6.56. The summed E-state index contributed by atoms with van der Waals surface area (Å²) in [5.74, 6) is 0. The van der Waals surface area contributed by atoms with E-state index >= 15 is 0 Å². The Morgan fingerprint density at radius 2 is 0.533 bits per heavy atom. The van der Waals surface area contributed by atoms with Crippen molar-refractivity contribution in [3.8, 4) is 0 Å². The van der Waals surface area contributed by atoms with Crippen molar-refractivity contribution in [1.82, 2.24) is 0 Å². The highest BCUT2D eigenvalue weighted by atomic mass is 14.1. The molecule has 0 unspecified atom stereocenters. The maximum Gasteiger partial charge on any atom is -0.00988 e. The summed E-state index contributed by atoms with van der Waals surface area (Å²) in [7, 11) is 0. The topological polar surface area (TPSA) is 0 Å². The van der Waals surface area contributed by atoms with Gasteiger partial charge in [-0.05, 0) is 88.9 Å². The summed E-state index contributed by atoms with van der Waals surface area (Å²) in [6, 6.07) is 40.3. The average molecular weight is 378 g/mol. The van der Waals surface area contributed by atoms with Gasteiger partial charge in [0, 0.05) is 0 Å². The van der Waals surface area contributed by atoms with E-state index in [4.69, 9.17) is 0 Å². The Hall–Kier alpha value is -3.90. The molecular weight excluding hydrogens is 360 g/mol. The number of benzene rings is 7. The summed E-state index contributed by atoms with van der Waals surface area (Å²) >= 11 is 0. The van der Waals surface area contributed by atoms with E-state index in [0.717, 1.165) is 0 Å². The molecule has 0 aliphatic heterocycles. The maximum atomic E-state index is 2.37. The van der Waals surface area contributed by atoms with Crippen molar-refractivity contribution in [3.05, 3.63) is 109 Å². The Morgan fingerprint density at radius 3 is 0.933 bits per heavy atom. The molecule has 0 heterocycles. The molecule has 0 N–H and O–H groups in total. The molecule has 0 heteroatoms. The zero-order chi connectivity index (χ0) is 19.7. The van der Waals surface area contributed by atoms with Crippen LogP contribution in [0.25, 0.3) is 64.6 Å². The van der Waals surface area contributed by atoms with E-state index in [0.29, 0.717) is 0 Å². The van der Waals surface area contributed by atoms with E-state index in [1.165, 1.54) is 64.6 Å². The molecule has 7 aromatic rings. The number of fused-ring (bicyclic) bond motifs is 9. The normalized spacial score (nSPS) is 12.0. The van der Waals surface area contributed by atoms with Gasteiger partial charge in [0.2, 0.25) is 0 Å². The fourth-order valence-electron chi connectivity index (χ4n) is 5.06. The zero-order valence-electron chi connectivity index (χ0n) is 16.4. The van der Waals surface area contributed by atoms with Crippen molar-refractivity contribution >= 4 is 64.6 Å². The third kappa shape index (κ3) is 2.16. The second-order valence-electron chi connectivity index (χ2n) is 8.23. The summed E-state index contributed by atoms with van der Waals surface area (Å²) in [6.07, 6.45) is 0. The van der Waals surface area contributed by atoms with Gasteiger partial charge in [-0.25, -0.2) is 0 Å². The van der Waals surface area contributed by atoms with Gasteiger partial charge in [-0.2, -0.15) is 0 Å². The molecule has 0 saturated carbocycles. The van der Waals surface area contributed by atoms with Gasteiger partial charge in [0.25, 0.3) is 0 Å². The molecule has 7 rings (SSSR count). The van der Waals surface area contributed by atoms with Gasteiger partial charge in [0.1, 0.15) is 0 Å². The zero-order valence-corrected chi connectivity index (χ0v) is 16.4. The van der Waals surface area contributed by atoms with Crippen LogP contribution in [-0.4, -0.2) is 0 Å². The van der Waals surface area contributed by atoms with Gasteiger partial charge in [0.15, 0.2) is 0 Å². The van der Waals surface area contributed by atoms with E-state index in [2.05, 4.69) is 109 Å². The highest BCUT2D eigenvalue weighted by Crippen LogP contribution is 2.36. The van der Waals surface area contributed by atoms with Gasteiger partial charge in [0.05, 0.1) is 0 Å². The van der Waals surface area contributed by atoms with E-state index in [9.17, 15) is 0 Å². The maximum absolute atomic E-state index is 2.37. The molecule has 0 fully saturated rings. The van der Waals surface area contributed by atoms with Crippen LogP contribution in [0.2, 0.25) is 0 Å². The highest BCUT2D eigenvalue weighted by Gasteiger charge is 2.08. The Labute approximate surface area is 174 Å². The SMILES string of the molecule is c1ccc2c(c1)ccc1cc3c(ccc4cc5c(ccc6ccccc65)cc43)cc12. The number of hydrogen-bond donors (Lipinski definition) is 0. The third-order valence-corrected chi connectivity index (χ3v) is 6.56. The van der Waals surface area contributed by atoms with Crippen LogP contribution in [0.4, 0.5) is 0 Å². The first-order valence-corrected chi connectivity index (χ1v) is 10.4. The molecule has 0 radical (unpaired) electrons. The molecule has 0 atom stereocenters. The Bertz CT molecular complexity index is 1650. The van der Waals surface area contributed by atoms with Crippen LogP contribution in [0.5, 0.6) is 0 Å². The van der Waals surface area contributed by atoms with Crippen molar-refractivity contribution in [1.29, 1.82) is 0 Å². The second-order valence-corrected chi connectivity index (χ2v) is 8.23. The Morgan fingerprint density at radius 1 is 0.233 bits per heavy atom. The molecule has 0 nitrogen and oxygen atoms in total. The lowest BCUT2D eigenvalue weighted by molar-refractivity contribution is 1.78. The first kappa shape index (κ1) is 16.0. The van der Waals surface area contributed by atoms with Gasteiger partial charge >= 0.3 is 0 Å². The van der Waals surface area contributed by atoms with Gasteiger partial charge in [-0.3, -0.25) is 0 Å². The summed E-state index contributed by atoms with van der Waals surface area (Å²) < 4.78 is 0. The molecule has 0 aliphatic carbocycles. The van der Waals surface area contributed by atoms with E-state index in [1.807, 2.05) is 0 Å². The Kier molecular flexibility index (Phi) is 3.09. The number of rotatable bonds is 0. The minimum atomic E-state index is 1.29. The van der Waals surface area contributed by atoms with E-state index < -0.39 is 0 Å². The molecule has 0 spiro atoms. The molecular formula is C30H18. The van der Waals surface area contributed by atoms with Crippen molar-refractivity contribution < 1.29 is 0 Å². The minimum absolute atomic E-state index is 1.29. The number of hydrogen-bond acceptors (Lipinski definition) is 0. The summed E-state index contributed by atoms with van der Waals surface area (Å²) in [5.41, 5.74) is 0. The molecule has 0 amide bonds. The van der Waals surface area contributed by atoms with Gasteiger partial charge in [-0.1, -0.05) is 84.9 Å². The molecule has 0 saturated heterocycles. The minimum Gasteiger partial charge on any atom is -0.0616 e. The summed E-state index contributed by atoms with van der Waals surface area (Å²) in [5, 5.41) is 15.7. The van der Waals surface area contributed by atoms with Crippen molar-refractivity contribution in [2.75, 3.05) is 0 Å². The predicted molar refractivity (Wildman–Crippen MR) is 131 cm³/mol. The summed E-state index contributed by atoms with van der Waals surface area (Å²) in [6.45, 7) is 0. The first-order chi connectivity index (χ1) is 14.8. The van der Waals surface area contributed by atoms with Crippen molar-refractivity contribution in [2.24, 2.45) is 0 Å². The lowest BCUT2D eigenvalue weighted by Crippen LogP contribution is -1.84. The van der Waals surface area contributed by atoms with Crippen LogP contribution < -0.4 is 0 Å². The monoisotopic (exact) mass is 378 g/mol. The fraction of sp³-hybridized carbons (Fsp3) is 0. The lowest BCUT2D eigenvalue weighted by atomic mass is 9.93. The van der Waals surface area contributed by atoms with Crippen LogP contribution in [0.15, 0.2) is 109 Å². The largest absolute Gasteiger partial charge is 0.0616 e. The fourth-order valence-corrected chi connectivity index (χ4v) is 5.06. The van der Waals surface area contributed by atoms with Crippen molar-refractivity contribution in [2.45, 2.75) is 0 Å². The average Bonchev–Trinajstić information content (AvgIpc) is 2.81. The second kappa shape index (κ2) is 5.81. The van der Waals surface area contributed by atoms with E-state index in [-0.39, 0.29) is 0 Å². The van der Waals surface area contributed by atoms with Crippen LogP contribution in [-0.2, 0) is 0 Å².